The Morgan fingerprint density at radius 2 is 1.69 bits per heavy atom. The van der Waals surface area contributed by atoms with Crippen molar-refractivity contribution in [2.75, 3.05) is 48.8 Å². The van der Waals surface area contributed by atoms with Gasteiger partial charge in [0.2, 0.25) is 5.91 Å². The topological polar surface area (TPSA) is 200 Å². The summed E-state index contributed by atoms with van der Waals surface area (Å²) >= 11 is 17.9. The Hall–Kier alpha value is -3.59. The molecule has 0 saturated carbocycles. The third-order valence-electron chi connectivity index (χ3n) is 8.15. The number of carboxylic acid groups (broad SMARTS) is 1. The van der Waals surface area contributed by atoms with Crippen LogP contribution in [0.2, 0.25) is 5.02 Å². The number of aliphatic carboxylic acids is 1. The lowest BCUT2D eigenvalue weighted by Crippen LogP contribution is -2.43. The summed E-state index contributed by atoms with van der Waals surface area (Å²) in [5.74, 6) is -2.48. The number of nitrogens with one attached hydrogen (secondary N) is 1. The van der Waals surface area contributed by atoms with Gasteiger partial charge in [-0.1, -0.05) is 48.3 Å². The van der Waals surface area contributed by atoms with Gasteiger partial charge in [-0.25, -0.2) is 9.69 Å². The summed E-state index contributed by atoms with van der Waals surface area (Å²) in [6.07, 6.45) is 4.73. The zero-order valence-corrected chi connectivity index (χ0v) is 34.4. The second-order valence-corrected chi connectivity index (χ2v) is 15.0. The van der Waals surface area contributed by atoms with Crippen LogP contribution in [0.1, 0.15) is 63.1 Å². The number of amides is 3. The number of hydrogen-bond donors (Lipinski definition) is 4. The van der Waals surface area contributed by atoms with E-state index in [0.717, 1.165) is 36.1 Å². The van der Waals surface area contributed by atoms with Gasteiger partial charge in [0.1, 0.15) is 10.9 Å². The minimum Gasteiger partial charge on any atom is -0.480 e. The molecule has 0 saturated heterocycles. The van der Waals surface area contributed by atoms with Gasteiger partial charge in [0.15, 0.2) is 0 Å². The molecule has 0 aromatic heterocycles. The number of hydrogen-bond acceptors (Lipinski definition) is 9. The van der Waals surface area contributed by atoms with Crippen LogP contribution in [0.4, 0.5) is 11.4 Å². The molecular formula is C37H47Cl3N3O11P. The van der Waals surface area contributed by atoms with Crippen molar-refractivity contribution in [3.63, 3.8) is 0 Å². The number of alkyl halides is 1. The quantitative estimate of drug-likeness (QED) is 0.0554. The fourth-order valence-corrected chi connectivity index (χ4v) is 6.66. The first-order chi connectivity index (χ1) is 25.9. The molecule has 1 atom stereocenters. The molecule has 18 heteroatoms. The minimum absolute atomic E-state index is 0.0223. The van der Waals surface area contributed by atoms with E-state index in [-0.39, 0.29) is 41.3 Å². The fourth-order valence-electron chi connectivity index (χ4n) is 5.78. The number of nitrogens with zero attached hydrogens (tertiary/aromatic N) is 2. The van der Waals surface area contributed by atoms with Crippen molar-refractivity contribution in [1.82, 2.24) is 5.32 Å². The van der Waals surface area contributed by atoms with Crippen molar-refractivity contribution in [3.05, 3.63) is 74.3 Å². The van der Waals surface area contributed by atoms with E-state index >= 15 is 0 Å². The Morgan fingerprint density at radius 3 is 2.20 bits per heavy atom. The van der Waals surface area contributed by atoms with Crippen LogP contribution in [-0.4, -0.2) is 89.6 Å². The van der Waals surface area contributed by atoms with Crippen LogP contribution in [0.3, 0.4) is 0 Å². The largest absolute Gasteiger partial charge is 0.480 e. The van der Waals surface area contributed by atoms with Gasteiger partial charge in [-0.05, 0) is 93.8 Å². The Labute approximate surface area is 335 Å². The lowest BCUT2D eigenvalue weighted by atomic mass is 9.93. The van der Waals surface area contributed by atoms with Crippen LogP contribution in [0, 0.1) is 6.92 Å². The number of methoxy groups -OCH3 is 1. The van der Waals surface area contributed by atoms with Gasteiger partial charge in [-0.15, -0.1) is 11.6 Å². The van der Waals surface area contributed by atoms with Crippen LogP contribution in [0.25, 0.3) is 6.08 Å². The number of esters is 1. The molecule has 302 valence electrons. The molecule has 3 amide bonds. The SMILES string of the molecule is CCOC(=O)/C(Cl)=C/c1cc(N2C(=O)C3=C(CCCC3)C2=O)ccc1Cl.CCc1cccc(C)c1N(C(=O)CCl)C(C)COC.O=C(O)CNCP(=O)(O)O. The maximum Gasteiger partial charge on any atom is 0.349 e. The normalized spacial score (nSPS) is 14.7. The lowest BCUT2D eigenvalue weighted by molar-refractivity contribution is -0.138. The molecule has 0 radical (unpaired) electrons. The van der Waals surface area contributed by atoms with E-state index in [1.165, 1.54) is 11.0 Å². The number of carbonyl (C=O) groups is 5. The van der Waals surface area contributed by atoms with E-state index in [9.17, 15) is 28.5 Å². The number of anilines is 2. The van der Waals surface area contributed by atoms with Crippen molar-refractivity contribution in [3.8, 4) is 0 Å². The molecule has 2 aliphatic rings. The molecule has 4 rings (SSSR count). The predicted molar refractivity (Wildman–Crippen MR) is 213 cm³/mol. The zero-order valence-electron chi connectivity index (χ0n) is 31.3. The number of ether oxygens (including phenoxy) is 2. The fraction of sp³-hybridized carbons (Fsp3) is 0.432. The van der Waals surface area contributed by atoms with Crippen LogP contribution < -0.4 is 15.1 Å². The number of imide groups is 1. The Morgan fingerprint density at radius 1 is 1.07 bits per heavy atom. The average Bonchev–Trinajstić information content (AvgIpc) is 3.38. The average molecular weight is 847 g/mol. The first-order valence-electron chi connectivity index (χ1n) is 17.3. The Kier molecular flexibility index (Phi) is 19.7. The molecule has 2 aromatic rings. The van der Waals surface area contributed by atoms with Gasteiger partial charge >= 0.3 is 19.5 Å². The second-order valence-electron chi connectivity index (χ2n) is 12.3. The number of para-hydroxylation sites is 1. The van der Waals surface area contributed by atoms with E-state index in [0.29, 0.717) is 46.9 Å². The standard InChI is InChI=1S/C19H17Cl2NO4.C15H22ClNO2.C3H8NO5P/c1-2-26-19(25)16(21)10-11-9-12(7-8-15(11)20)22-17(23)13-5-3-4-6-14(13)18(22)24;1-5-13-8-6-7-11(2)15(13)17(14(18)9-16)12(3)10-19-4;5-3(6)1-4-2-10(7,8)9/h7-10H,2-6H2,1H3;6-8,12H,5,9-10H2,1-4H3;4H,1-2H2,(H,5,6)(H2,7,8,9)/b16-10-;;. The van der Waals surface area contributed by atoms with Gasteiger partial charge in [-0.3, -0.25) is 29.1 Å². The maximum absolute atomic E-state index is 12.7. The highest BCUT2D eigenvalue weighted by atomic mass is 35.5. The number of aryl methyl sites for hydroxylation is 2. The van der Waals surface area contributed by atoms with Gasteiger partial charge < -0.3 is 29.3 Å². The van der Waals surface area contributed by atoms with Gasteiger partial charge in [0.05, 0.1) is 43.5 Å². The second kappa shape index (κ2) is 22.8. The zero-order chi connectivity index (χ0) is 41.5. The summed E-state index contributed by atoms with van der Waals surface area (Å²) in [7, 11) is -2.46. The molecule has 4 N–H and O–H groups in total. The van der Waals surface area contributed by atoms with Crippen LogP contribution in [0.15, 0.2) is 52.6 Å². The number of halogens is 3. The third kappa shape index (κ3) is 14.1. The summed E-state index contributed by atoms with van der Waals surface area (Å²) in [4.78, 5) is 78.3. The number of rotatable bonds is 14. The summed E-state index contributed by atoms with van der Waals surface area (Å²) in [6, 6.07) is 10.8. The van der Waals surface area contributed by atoms with Gasteiger partial charge in [0, 0.05) is 23.3 Å². The van der Waals surface area contributed by atoms with Gasteiger partial charge in [0.25, 0.3) is 11.8 Å². The van der Waals surface area contributed by atoms with Crippen molar-refractivity contribution in [2.24, 2.45) is 0 Å². The molecule has 55 heavy (non-hydrogen) atoms. The van der Waals surface area contributed by atoms with Crippen molar-refractivity contribution in [2.45, 2.75) is 65.8 Å². The minimum atomic E-state index is -4.10. The van der Waals surface area contributed by atoms with Crippen LogP contribution >= 0.6 is 42.4 Å². The lowest BCUT2D eigenvalue weighted by Gasteiger charge is -2.31. The van der Waals surface area contributed by atoms with E-state index in [2.05, 4.69) is 18.3 Å². The maximum atomic E-state index is 12.7. The first kappa shape index (κ1) is 47.6. The smallest absolute Gasteiger partial charge is 0.349 e. The number of carbonyl (C=O) groups excluding carboxylic acids is 4. The summed E-state index contributed by atoms with van der Waals surface area (Å²) in [6.45, 7) is 8.00. The molecule has 1 unspecified atom stereocenters. The van der Waals surface area contributed by atoms with Crippen LogP contribution in [-0.2, 0) is 44.4 Å². The Balaban J connectivity index is 0.000000316. The number of benzene rings is 2. The van der Waals surface area contributed by atoms with Crippen molar-refractivity contribution >= 4 is 89.5 Å². The van der Waals surface area contributed by atoms with Crippen molar-refractivity contribution in [1.29, 1.82) is 0 Å². The molecular weight excluding hydrogens is 800 g/mol. The van der Waals surface area contributed by atoms with Crippen molar-refractivity contribution < 1.29 is 52.9 Å². The molecule has 1 aliphatic carbocycles. The monoisotopic (exact) mass is 845 g/mol. The molecule has 2 aromatic carbocycles. The molecule has 14 nitrogen and oxygen atoms in total. The molecule has 1 heterocycles. The first-order valence-corrected chi connectivity index (χ1v) is 20.4. The molecule has 0 spiro atoms. The molecule has 0 bridgehead atoms. The highest BCUT2D eigenvalue weighted by molar-refractivity contribution is 7.51. The molecule has 0 fully saturated rings. The summed E-state index contributed by atoms with van der Waals surface area (Å²) in [5.41, 5.74) is 5.25. The van der Waals surface area contributed by atoms with E-state index in [1.807, 2.05) is 26.0 Å². The van der Waals surface area contributed by atoms with Gasteiger partial charge in [-0.2, -0.15) is 0 Å². The van der Waals surface area contributed by atoms with Crippen LogP contribution in [0.5, 0.6) is 0 Å². The highest BCUT2D eigenvalue weighted by Crippen LogP contribution is 2.37. The predicted octanol–water partition coefficient (Wildman–Crippen LogP) is 6.19. The van der Waals surface area contributed by atoms with E-state index in [1.54, 1.807) is 37.1 Å². The summed E-state index contributed by atoms with van der Waals surface area (Å²) < 4.78 is 20.1. The summed E-state index contributed by atoms with van der Waals surface area (Å²) in [5, 5.41) is 10.3. The number of carboxylic acids is 1. The van der Waals surface area contributed by atoms with E-state index < -0.39 is 32.4 Å². The molecule has 1 aliphatic heterocycles. The Bertz CT molecular complexity index is 1800. The third-order valence-corrected chi connectivity index (χ3v) is 9.62. The van der Waals surface area contributed by atoms with E-state index in [4.69, 9.17) is 59.2 Å². The highest BCUT2D eigenvalue weighted by Gasteiger charge is 2.39.